The van der Waals surface area contributed by atoms with E-state index in [4.69, 9.17) is 4.74 Å². The molecular formula is C24H21NO. The van der Waals surface area contributed by atoms with Crippen molar-refractivity contribution in [2.75, 3.05) is 0 Å². The number of ether oxygens (including phenoxy) is 1. The van der Waals surface area contributed by atoms with Crippen LogP contribution in [0, 0.1) is 0 Å². The predicted molar refractivity (Wildman–Crippen MR) is 106 cm³/mol. The van der Waals surface area contributed by atoms with E-state index >= 15 is 0 Å². The van der Waals surface area contributed by atoms with Gasteiger partial charge in [0.2, 0.25) is 0 Å². The second kappa shape index (κ2) is 7.83. The van der Waals surface area contributed by atoms with Gasteiger partial charge in [-0.2, -0.15) is 0 Å². The molecule has 0 aliphatic heterocycles. The van der Waals surface area contributed by atoms with Crippen LogP contribution in [-0.2, 0) is 19.4 Å². The minimum Gasteiger partial charge on any atom is -0.489 e. The van der Waals surface area contributed by atoms with E-state index in [1.54, 1.807) is 0 Å². The zero-order valence-corrected chi connectivity index (χ0v) is 14.6. The van der Waals surface area contributed by atoms with Crippen LogP contribution in [0.2, 0.25) is 0 Å². The lowest BCUT2D eigenvalue weighted by atomic mass is 9.99. The lowest BCUT2D eigenvalue weighted by molar-refractivity contribution is 0.303. The van der Waals surface area contributed by atoms with E-state index in [-0.39, 0.29) is 0 Å². The number of fused-ring (bicyclic) bond motifs is 1. The third-order valence-corrected chi connectivity index (χ3v) is 4.59. The highest BCUT2D eigenvalue weighted by Crippen LogP contribution is 2.30. The van der Waals surface area contributed by atoms with Gasteiger partial charge in [0.1, 0.15) is 12.4 Å². The first-order valence-corrected chi connectivity index (χ1v) is 8.97. The quantitative estimate of drug-likeness (QED) is 0.456. The molecule has 0 saturated carbocycles. The summed E-state index contributed by atoms with van der Waals surface area (Å²) in [4.78, 5) is 4.46. The van der Waals surface area contributed by atoms with Gasteiger partial charge in [-0.3, -0.25) is 4.98 Å². The van der Waals surface area contributed by atoms with Gasteiger partial charge >= 0.3 is 0 Å². The van der Waals surface area contributed by atoms with Gasteiger partial charge in [0.25, 0.3) is 0 Å². The molecule has 128 valence electrons. The monoisotopic (exact) mass is 339 g/mol. The van der Waals surface area contributed by atoms with Crippen LogP contribution in [0.3, 0.4) is 0 Å². The van der Waals surface area contributed by atoms with Crippen LogP contribution in [0.15, 0.2) is 91.1 Å². The Morgan fingerprint density at radius 1 is 0.692 bits per heavy atom. The summed E-state index contributed by atoms with van der Waals surface area (Å²) in [6.07, 6.45) is 3.66. The summed E-state index contributed by atoms with van der Waals surface area (Å²) in [5.74, 6) is 0.962. The van der Waals surface area contributed by atoms with Crippen molar-refractivity contribution in [1.82, 2.24) is 4.98 Å². The first kappa shape index (κ1) is 16.3. The molecule has 26 heavy (non-hydrogen) atoms. The largest absolute Gasteiger partial charge is 0.489 e. The number of pyridine rings is 1. The molecule has 1 aromatic heterocycles. The van der Waals surface area contributed by atoms with E-state index in [9.17, 15) is 0 Å². The van der Waals surface area contributed by atoms with Crippen LogP contribution in [-0.4, -0.2) is 4.98 Å². The summed E-state index contributed by atoms with van der Waals surface area (Å²) in [5, 5.41) is 2.50. The predicted octanol–water partition coefficient (Wildman–Crippen LogP) is 5.60. The zero-order chi connectivity index (χ0) is 17.6. The maximum atomic E-state index is 6.20. The molecule has 3 aromatic carbocycles. The Morgan fingerprint density at radius 3 is 2.35 bits per heavy atom. The molecule has 0 unspecified atom stereocenters. The molecule has 4 rings (SSSR count). The molecule has 0 atom stereocenters. The first-order chi connectivity index (χ1) is 12.9. The standard InChI is InChI=1S/C24H21NO/c1-2-8-19(9-3-1)18-26-24-16-13-20-10-4-5-12-22(20)23(24)15-14-21-11-6-7-17-25-21/h1-13,16-17H,14-15,18H2. The van der Waals surface area contributed by atoms with Gasteiger partial charge in [-0.1, -0.05) is 66.7 Å². The van der Waals surface area contributed by atoms with Gasteiger partial charge < -0.3 is 4.74 Å². The highest BCUT2D eigenvalue weighted by Gasteiger charge is 2.10. The van der Waals surface area contributed by atoms with Crippen LogP contribution in [0.1, 0.15) is 16.8 Å². The Morgan fingerprint density at radius 2 is 1.50 bits per heavy atom. The van der Waals surface area contributed by atoms with Gasteiger partial charge in [0.15, 0.2) is 0 Å². The van der Waals surface area contributed by atoms with Crippen molar-refractivity contribution in [3.63, 3.8) is 0 Å². The van der Waals surface area contributed by atoms with E-state index in [0.717, 1.165) is 24.3 Å². The topological polar surface area (TPSA) is 22.1 Å². The summed E-state index contributed by atoms with van der Waals surface area (Å²) in [6, 6.07) is 29.1. The molecule has 4 aromatic rings. The van der Waals surface area contributed by atoms with Crippen molar-refractivity contribution >= 4 is 10.8 Å². The summed E-state index contributed by atoms with van der Waals surface area (Å²) in [6.45, 7) is 0.579. The molecule has 0 aliphatic rings. The van der Waals surface area contributed by atoms with Gasteiger partial charge in [-0.05, 0) is 47.4 Å². The van der Waals surface area contributed by atoms with Gasteiger partial charge in [-0.25, -0.2) is 0 Å². The maximum Gasteiger partial charge on any atom is 0.123 e. The van der Waals surface area contributed by atoms with Crippen molar-refractivity contribution in [1.29, 1.82) is 0 Å². The smallest absolute Gasteiger partial charge is 0.123 e. The van der Waals surface area contributed by atoms with E-state index in [1.807, 2.05) is 36.5 Å². The molecule has 2 nitrogen and oxygen atoms in total. The SMILES string of the molecule is c1ccc(COc2ccc3ccccc3c2CCc2ccccn2)cc1. The number of nitrogens with zero attached hydrogens (tertiary/aromatic N) is 1. The first-order valence-electron chi connectivity index (χ1n) is 8.97. The summed E-state index contributed by atoms with van der Waals surface area (Å²) >= 11 is 0. The van der Waals surface area contributed by atoms with E-state index < -0.39 is 0 Å². The fourth-order valence-corrected chi connectivity index (χ4v) is 3.24. The minimum atomic E-state index is 0.579. The lowest BCUT2D eigenvalue weighted by Crippen LogP contribution is -2.01. The Bertz CT molecular complexity index is 981. The van der Waals surface area contributed by atoms with Crippen molar-refractivity contribution in [2.45, 2.75) is 19.4 Å². The third kappa shape index (κ3) is 3.75. The zero-order valence-electron chi connectivity index (χ0n) is 14.6. The Hall–Kier alpha value is -3.13. The molecule has 0 N–H and O–H groups in total. The van der Waals surface area contributed by atoms with Crippen LogP contribution in [0.5, 0.6) is 5.75 Å². The van der Waals surface area contributed by atoms with Crippen molar-refractivity contribution in [3.05, 3.63) is 108 Å². The fourth-order valence-electron chi connectivity index (χ4n) is 3.24. The molecule has 0 bridgehead atoms. The highest BCUT2D eigenvalue weighted by atomic mass is 16.5. The van der Waals surface area contributed by atoms with Crippen LogP contribution < -0.4 is 4.74 Å². The molecule has 0 aliphatic carbocycles. The second-order valence-electron chi connectivity index (χ2n) is 6.36. The molecule has 0 spiro atoms. The molecule has 2 heteroatoms. The van der Waals surface area contributed by atoms with Gasteiger partial charge in [0, 0.05) is 17.5 Å². The number of aromatic nitrogens is 1. The van der Waals surface area contributed by atoms with Crippen LogP contribution in [0.4, 0.5) is 0 Å². The highest BCUT2D eigenvalue weighted by molar-refractivity contribution is 5.87. The van der Waals surface area contributed by atoms with Gasteiger partial charge in [-0.15, -0.1) is 0 Å². The summed E-state index contributed by atoms with van der Waals surface area (Å²) < 4.78 is 6.20. The minimum absolute atomic E-state index is 0.579. The Balaban J connectivity index is 1.63. The molecule has 0 amide bonds. The van der Waals surface area contributed by atoms with E-state index in [1.165, 1.54) is 21.9 Å². The van der Waals surface area contributed by atoms with Crippen LogP contribution >= 0.6 is 0 Å². The Kier molecular flexibility index (Phi) is 4.92. The van der Waals surface area contributed by atoms with Crippen molar-refractivity contribution in [3.8, 4) is 5.75 Å². The molecule has 1 heterocycles. The van der Waals surface area contributed by atoms with E-state index in [0.29, 0.717) is 6.61 Å². The average molecular weight is 339 g/mol. The number of benzene rings is 3. The molecular weight excluding hydrogens is 318 g/mol. The molecule has 0 fully saturated rings. The maximum absolute atomic E-state index is 6.20. The summed E-state index contributed by atoms with van der Waals surface area (Å²) in [7, 11) is 0. The fraction of sp³-hybridized carbons (Fsp3) is 0.125. The second-order valence-corrected chi connectivity index (χ2v) is 6.36. The lowest BCUT2D eigenvalue weighted by Gasteiger charge is -2.14. The Labute approximate surface area is 154 Å². The molecule has 0 saturated heterocycles. The number of hydrogen-bond donors (Lipinski definition) is 0. The average Bonchev–Trinajstić information content (AvgIpc) is 2.72. The normalized spacial score (nSPS) is 10.8. The van der Waals surface area contributed by atoms with Crippen molar-refractivity contribution < 1.29 is 4.74 Å². The molecule has 0 radical (unpaired) electrons. The number of aryl methyl sites for hydroxylation is 2. The van der Waals surface area contributed by atoms with Crippen LogP contribution in [0.25, 0.3) is 10.8 Å². The summed E-state index contributed by atoms with van der Waals surface area (Å²) in [5.41, 5.74) is 3.54. The number of hydrogen-bond acceptors (Lipinski definition) is 2. The van der Waals surface area contributed by atoms with E-state index in [2.05, 4.69) is 59.6 Å². The third-order valence-electron chi connectivity index (χ3n) is 4.59. The van der Waals surface area contributed by atoms with Crippen molar-refractivity contribution in [2.24, 2.45) is 0 Å². The number of rotatable bonds is 6. The van der Waals surface area contributed by atoms with Gasteiger partial charge in [0.05, 0.1) is 0 Å².